The Labute approximate surface area is 186 Å². The second-order valence-corrected chi connectivity index (χ2v) is 8.57. The average molecular weight is 431 g/mol. The summed E-state index contributed by atoms with van der Waals surface area (Å²) in [5.41, 5.74) is 3.58. The van der Waals surface area contributed by atoms with Crippen molar-refractivity contribution in [1.29, 1.82) is 0 Å². The lowest BCUT2D eigenvalue weighted by atomic mass is 9.90. The lowest BCUT2D eigenvalue weighted by Crippen LogP contribution is -2.48. The third-order valence-corrected chi connectivity index (χ3v) is 6.40. The number of carbonyl (C=O) groups excluding carboxylic acids is 2. The van der Waals surface area contributed by atoms with Crippen LogP contribution in [0.15, 0.2) is 48.8 Å². The van der Waals surface area contributed by atoms with E-state index in [4.69, 9.17) is 4.74 Å². The van der Waals surface area contributed by atoms with E-state index in [1.165, 1.54) is 6.33 Å². The number of benzene rings is 1. The summed E-state index contributed by atoms with van der Waals surface area (Å²) >= 11 is 0. The van der Waals surface area contributed by atoms with Crippen LogP contribution in [0.4, 0.5) is 0 Å². The number of esters is 1. The number of ether oxygens (including phenoxy) is 1. The Hall–Kier alpha value is -3.55. The SMILES string of the molecule is Cc1cc(-c2cc(C(=O)N3[C@@H]4CC[C@H]3C[C@H](C(=O)OCc3ccccc3)C4)n[nH]2)ncn1. The van der Waals surface area contributed by atoms with Crippen LogP contribution in [-0.4, -0.2) is 49.0 Å². The van der Waals surface area contributed by atoms with Crippen LogP contribution in [0.1, 0.15) is 47.4 Å². The Morgan fingerprint density at radius 1 is 1.09 bits per heavy atom. The van der Waals surface area contributed by atoms with Crippen LogP contribution < -0.4 is 0 Å². The molecule has 2 aliphatic heterocycles. The van der Waals surface area contributed by atoms with Gasteiger partial charge in [0.1, 0.15) is 12.9 Å². The Morgan fingerprint density at radius 2 is 1.84 bits per heavy atom. The summed E-state index contributed by atoms with van der Waals surface area (Å²) in [7, 11) is 0. The molecule has 2 saturated heterocycles. The summed E-state index contributed by atoms with van der Waals surface area (Å²) in [5.74, 6) is -0.431. The second-order valence-electron chi connectivity index (χ2n) is 8.57. The summed E-state index contributed by atoms with van der Waals surface area (Å²) in [6, 6.07) is 13.3. The van der Waals surface area contributed by atoms with E-state index in [-0.39, 0.29) is 36.5 Å². The van der Waals surface area contributed by atoms with Gasteiger partial charge in [-0.2, -0.15) is 5.10 Å². The molecule has 1 aromatic carbocycles. The highest BCUT2D eigenvalue weighted by molar-refractivity contribution is 5.94. The molecule has 2 aliphatic rings. The molecule has 1 N–H and O–H groups in total. The third-order valence-electron chi connectivity index (χ3n) is 6.40. The van der Waals surface area contributed by atoms with Crippen molar-refractivity contribution in [2.75, 3.05) is 0 Å². The zero-order chi connectivity index (χ0) is 22.1. The standard InChI is InChI=1S/C24H25N5O3/c1-15-9-20(26-14-25-15)21-12-22(28-27-21)23(30)29-18-7-8-19(29)11-17(10-18)24(31)32-13-16-5-3-2-4-6-16/h2-6,9,12,14,17-19H,7-8,10-11,13H2,1H3,(H,27,28)/t17-,18-,19+. The number of aryl methyl sites for hydroxylation is 1. The minimum Gasteiger partial charge on any atom is -0.461 e. The van der Waals surface area contributed by atoms with Gasteiger partial charge in [0.05, 0.1) is 17.3 Å². The van der Waals surface area contributed by atoms with E-state index in [1.54, 1.807) is 6.07 Å². The van der Waals surface area contributed by atoms with Crippen molar-refractivity contribution in [3.05, 3.63) is 65.7 Å². The van der Waals surface area contributed by atoms with Crippen molar-refractivity contribution < 1.29 is 14.3 Å². The number of piperidine rings is 1. The fourth-order valence-corrected chi connectivity index (χ4v) is 4.84. The third kappa shape index (κ3) is 4.00. The topological polar surface area (TPSA) is 101 Å². The molecule has 1 amide bonds. The molecule has 0 radical (unpaired) electrons. The fourth-order valence-electron chi connectivity index (χ4n) is 4.84. The lowest BCUT2D eigenvalue weighted by molar-refractivity contribution is -0.152. The van der Waals surface area contributed by atoms with E-state index in [9.17, 15) is 9.59 Å². The molecule has 8 nitrogen and oxygen atoms in total. The molecule has 3 aromatic rings. The summed E-state index contributed by atoms with van der Waals surface area (Å²) in [4.78, 5) is 36.2. The van der Waals surface area contributed by atoms with Crippen LogP contribution in [0.3, 0.4) is 0 Å². The van der Waals surface area contributed by atoms with Crippen LogP contribution in [0, 0.1) is 12.8 Å². The van der Waals surface area contributed by atoms with Gasteiger partial charge in [0.2, 0.25) is 0 Å². The normalized spacial score (nSPS) is 22.0. The number of carbonyl (C=O) groups is 2. The molecular formula is C24H25N5O3. The van der Waals surface area contributed by atoms with Crippen molar-refractivity contribution in [3.8, 4) is 11.4 Å². The molecule has 32 heavy (non-hydrogen) atoms. The fraction of sp³-hybridized carbons (Fsp3) is 0.375. The summed E-state index contributed by atoms with van der Waals surface area (Å²) in [5, 5.41) is 7.16. The minimum atomic E-state index is -0.168. The van der Waals surface area contributed by atoms with Gasteiger partial charge in [0.25, 0.3) is 5.91 Å². The molecule has 5 rings (SSSR count). The van der Waals surface area contributed by atoms with E-state index in [0.29, 0.717) is 29.9 Å². The average Bonchev–Trinajstić information content (AvgIpc) is 3.40. The number of nitrogens with one attached hydrogen (secondary N) is 1. The number of fused-ring (bicyclic) bond motifs is 2. The summed E-state index contributed by atoms with van der Waals surface area (Å²) in [6.07, 6.45) is 4.58. The molecule has 0 saturated carbocycles. The molecule has 164 valence electrons. The Kier molecular flexibility index (Phi) is 5.43. The summed E-state index contributed by atoms with van der Waals surface area (Å²) in [6.45, 7) is 2.17. The van der Waals surface area contributed by atoms with E-state index in [0.717, 1.165) is 24.1 Å². The van der Waals surface area contributed by atoms with E-state index < -0.39 is 0 Å². The van der Waals surface area contributed by atoms with Gasteiger partial charge in [-0.15, -0.1) is 0 Å². The van der Waals surface area contributed by atoms with Gasteiger partial charge < -0.3 is 9.64 Å². The predicted molar refractivity (Wildman–Crippen MR) is 116 cm³/mol. The molecule has 0 spiro atoms. The first kappa shape index (κ1) is 20.4. The predicted octanol–water partition coefficient (Wildman–Crippen LogP) is 3.30. The highest BCUT2D eigenvalue weighted by atomic mass is 16.5. The molecule has 0 aliphatic carbocycles. The maximum atomic E-state index is 13.3. The lowest BCUT2D eigenvalue weighted by Gasteiger charge is -2.37. The molecule has 2 fully saturated rings. The van der Waals surface area contributed by atoms with Gasteiger partial charge in [-0.25, -0.2) is 9.97 Å². The van der Waals surface area contributed by atoms with Gasteiger partial charge in [-0.05, 0) is 50.3 Å². The van der Waals surface area contributed by atoms with Crippen LogP contribution in [0.25, 0.3) is 11.4 Å². The molecule has 2 aromatic heterocycles. The van der Waals surface area contributed by atoms with Crippen molar-refractivity contribution in [3.63, 3.8) is 0 Å². The first-order chi connectivity index (χ1) is 15.6. The number of hydrogen-bond donors (Lipinski definition) is 1. The number of amides is 1. The zero-order valence-corrected chi connectivity index (χ0v) is 17.9. The van der Waals surface area contributed by atoms with Crippen molar-refractivity contribution in [1.82, 2.24) is 25.1 Å². The largest absolute Gasteiger partial charge is 0.461 e. The van der Waals surface area contributed by atoms with Crippen molar-refractivity contribution in [2.45, 2.75) is 51.3 Å². The molecule has 4 heterocycles. The number of aromatic nitrogens is 4. The maximum Gasteiger partial charge on any atom is 0.309 e. The van der Waals surface area contributed by atoms with E-state index in [1.807, 2.05) is 48.2 Å². The Bertz CT molecular complexity index is 1120. The number of rotatable bonds is 5. The molecular weight excluding hydrogens is 406 g/mol. The van der Waals surface area contributed by atoms with E-state index in [2.05, 4.69) is 20.2 Å². The van der Waals surface area contributed by atoms with Gasteiger partial charge >= 0.3 is 5.97 Å². The number of H-pyrrole nitrogens is 1. The second kappa shape index (κ2) is 8.53. The summed E-state index contributed by atoms with van der Waals surface area (Å²) < 4.78 is 5.56. The van der Waals surface area contributed by atoms with Gasteiger partial charge in [-0.3, -0.25) is 14.7 Å². The quantitative estimate of drug-likeness (QED) is 0.622. The number of aromatic amines is 1. The molecule has 2 bridgehead atoms. The Morgan fingerprint density at radius 3 is 2.56 bits per heavy atom. The zero-order valence-electron chi connectivity index (χ0n) is 17.9. The van der Waals surface area contributed by atoms with Gasteiger partial charge in [0, 0.05) is 17.8 Å². The highest BCUT2D eigenvalue weighted by Crippen LogP contribution is 2.40. The maximum absolute atomic E-state index is 13.3. The van der Waals surface area contributed by atoms with Crippen molar-refractivity contribution >= 4 is 11.9 Å². The first-order valence-electron chi connectivity index (χ1n) is 11.0. The highest BCUT2D eigenvalue weighted by Gasteiger charge is 2.46. The minimum absolute atomic E-state index is 0.0389. The molecule has 0 unspecified atom stereocenters. The number of hydrogen-bond acceptors (Lipinski definition) is 6. The smallest absolute Gasteiger partial charge is 0.309 e. The van der Waals surface area contributed by atoms with Crippen LogP contribution in [0.5, 0.6) is 0 Å². The van der Waals surface area contributed by atoms with Gasteiger partial charge in [0.15, 0.2) is 5.69 Å². The molecule has 8 heteroatoms. The Balaban J connectivity index is 1.24. The van der Waals surface area contributed by atoms with Crippen LogP contribution in [-0.2, 0) is 16.1 Å². The van der Waals surface area contributed by atoms with Gasteiger partial charge in [-0.1, -0.05) is 30.3 Å². The van der Waals surface area contributed by atoms with Crippen molar-refractivity contribution in [2.24, 2.45) is 5.92 Å². The number of nitrogens with zero attached hydrogens (tertiary/aromatic N) is 4. The monoisotopic (exact) mass is 431 g/mol. The molecule has 3 atom stereocenters. The van der Waals surface area contributed by atoms with Crippen LogP contribution in [0.2, 0.25) is 0 Å². The van der Waals surface area contributed by atoms with Crippen LogP contribution >= 0.6 is 0 Å². The first-order valence-corrected chi connectivity index (χ1v) is 11.0. The van der Waals surface area contributed by atoms with E-state index >= 15 is 0 Å².